The molecule has 0 spiro atoms. The largest absolute Gasteiger partial charge is 0.382 e. The molecule has 90 valence electrons. The van der Waals surface area contributed by atoms with Gasteiger partial charge in [0, 0.05) is 18.3 Å². The number of nitrogens with one attached hydrogen (secondary N) is 1. The van der Waals surface area contributed by atoms with Gasteiger partial charge in [-0.15, -0.1) is 0 Å². The van der Waals surface area contributed by atoms with E-state index in [9.17, 15) is 0 Å². The maximum absolute atomic E-state index is 3.59. The van der Waals surface area contributed by atoms with Crippen LogP contribution >= 0.6 is 0 Å². The van der Waals surface area contributed by atoms with Crippen LogP contribution in [0.15, 0.2) is 24.3 Å². The van der Waals surface area contributed by atoms with Gasteiger partial charge in [-0.2, -0.15) is 0 Å². The van der Waals surface area contributed by atoms with Crippen LogP contribution in [0, 0.1) is 5.92 Å². The van der Waals surface area contributed by atoms with Gasteiger partial charge < -0.3 is 10.2 Å². The standard InChI is InChI=1S/C14H24N2/c1-11(2)12(3)15-14-9-7-6-8-13(14)10-16(4)5/h6-9,11-12,15H,10H2,1-5H3. The zero-order valence-corrected chi connectivity index (χ0v) is 11.1. The van der Waals surface area contributed by atoms with Gasteiger partial charge in [-0.05, 0) is 38.6 Å². The monoisotopic (exact) mass is 220 g/mol. The molecule has 0 radical (unpaired) electrons. The van der Waals surface area contributed by atoms with Crippen molar-refractivity contribution in [3.8, 4) is 0 Å². The second-order valence-corrected chi connectivity index (χ2v) is 5.07. The minimum atomic E-state index is 0.503. The molecule has 1 aromatic carbocycles. The van der Waals surface area contributed by atoms with Crippen molar-refractivity contribution in [3.63, 3.8) is 0 Å². The van der Waals surface area contributed by atoms with Crippen LogP contribution in [0.1, 0.15) is 26.3 Å². The Bertz CT molecular complexity index is 318. The molecule has 0 aliphatic heterocycles. The van der Waals surface area contributed by atoms with E-state index < -0.39 is 0 Å². The van der Waals surface area contributed by atoms with E-state index in [0.29, 0.717) is 12.0 Å². The third-order valence-corrected chi connectivity index (χ3v) is 2.89. The fourth-order valence-electron chi connectivity index (χ4n) is 1.55. The van der Waals surface area contributed by atoms with Gasteiger partial charge in [0.05, 0.1) is 0 Å². The van der Waals surface area contributed by atoms with Gasteiger partial charge >= 0.3 is 0 Å². The first-order valence-corrected chi connectivity index (χ1v) is 6.00. The molecule has 0 bridgehead atoms. The van der Waals surface area contributed by atoms with E-state index in [1.165, 1.54) is 11.3 Å². The van der Waals surface area contributed by atoms with Gasteiger partial charge in [0.2, 0.25) is 0 Å². The molecular weight excluding hydrogens is 196 g/mol. The molecule has 0 fully saturated rings. The van der Waals surface area contributed by atoms with Crippen LogP contribution in [0.25, 0.3) is 0 Å². The Morgan fingerprint density at radius 2 is 1.75 bits per heavy atom. The maximum atomic E-state index is 3.59. The molecule has 1 unspecified atom stereocenters. The van der Waals surface area contributed by atoms with Gasteiger partial charge in [0.1, 0.15) is 0 Å². The summed E-state index contributed by atoms with van der Waals surface area (Å²) in [5.74, 6) is 0.646. The average molecular weight is 220 g/mol. The molecular formula is C14H24N2. The van der Waals surface area contributed by atoms with E-state index in [1.54, 1.807) is 0 Å². The van der Waals surface area contributed by atoms with Gasteiger partial charge in [0.15, 0.2) is 0 Å². The summed E-state index contributed by atoms with van der Waals surface area (Å²) in [6.45, 7) is 7.70. The molecule has 1 atom stereocenters. The highest BCUT2D eigenvalue weighted by Gasteiger charge is 2.09. The van der Waals surface area contributed by atoms with Crippen molar-refractivity contribution in [1.29, 1.82) is 0 Å². The molecule has 0 saturated heterocycles. The average Bonchev–Trinajstić information content (AvgIpc) is 2.20. The molecule has 0 aliphatic rings. The van der Waals surface area contributed by atoms with Crippen molar-refractivity contribution in [3.05, 3.63) is 29.8 Å². The molecule has 1 aromatic rings. The van der Waals surface area contributed by atoms with Crippen LogP contribution < -0.4 is 5.32 Å². The van der Waals surface area contributed by atoms with Crippen LogP contribution in [0.3, 0.4) is 0 Å². The van der Waals surface area contributed by atoms with Crippen molar-refractivity contribution in [2.24, 2.45) is 5.92 Å². The summed E-state index contributed by atoms with van der Waals surface area (Å²) in [5, 5.41) is 3.59. The molecule has 1 N–H and O–H groups in total. The number of hydrogen-bond donors (Lipinski definition) is 1. The summed E-state index contributed by atoms with van der Waals surface area (Å²) in [4.78, 5) is 2.19. The molecule has 0 aliphatic carbocycles. The zero-order valence-electron chi connectivity index (χ0n) is 11.1. The highest BCUT2D eigenvalue weighted by molar-refractivity contribution is 5.51. The Morgan fingerprint density at radius 3 is 2.31 bits per heavy atom. The molecule has 0 saturated carbocycles. The van der Waals surface area contributed by atoms with Crippen molar-refractivity contribution in [2.45, 2.75) is 33.4 Å². The van der Waals surface area contributed by atoms with E-state index in [0.717, 1.165) is 6.54 Å². The minimum Gasteiger partial charge on any atom is -0.382 e. The summed E-state index contributed by atoms with van der Waals surface area (Å²) < 4.78 is 0. The first kappa shape index (κ1) is 13.0. The number of rotatable bonds is 5. The van der Waals surface area contributed by atoms with Crippen molar-refractivity contribution < 1.29 is 0 Å². The highest BCUT2D eigenvalue weighted by Crippen LogP contribution is 2.19. The minimum absolute atomic E-state index is 0.503. The number of anilines is 1. The third kappa shape index (κ3) is 3.86. The highest BCUT2D eigenvalue weighted by atomic mass is 15.1. The summed E-state index contributed by atoms with van der Waals surface area (Å²) >= 11 is 0. The fourth-order valence-corrected chi connectivity index (χ4v) is 1.55. The maximum Gasteiger partial charge on any atom is 0.0388 e. The molecule has 16 heavy (non-hydrogen) atoms. The Hall–Kier alpha value is -1.02. The molecule has 0 amide bonds. The zero-order chi connectivity index (χ0) is 12.1. The Kier molecular flexibility index (Phi) is 4.81. The second-order valence-electron chi connectivity index (χ2n) is 5.07. The van der Waals surface area contributed by atoms with E-state index in [1.807, 2.05) is 0 Å². The lowest BCUT2D eigenvalue weighted by Gasteiger charge is -2.22. The summed E-state index contributed by atoms with van der Waals surface area (Å²) in [7, 11) is 4.20. The molecule has 1 rings (SSSR count). The Balaban J connectivity index is 2.78. The molecule has 2 nitrogen and oxygen atoms in total. The van der Waals surface area contributed by atoms with E-state index >= 15 is 0 Å². The fraction of sp³-hybridized carbons (Fsp3) is 0.571. The summed E-state index contributed by atoms with van der Waals surface area (Å²) in [6.07, 6.45) is 0. The van der Waals surface area contributed by atoms with Crippen LogP contribution in [-0.4, -0.2) is 25.0 Å². The predicted molar refractivity (Wildman–Crippen MR) is 71.8 cm³/mol. The Labute approximate surface area is 99.7 Å². The van der Waals surface area contributed by atoms with Gasteiger partial charge in [-0.25, -0.2) is 0 Å². The first-order valence-electron chi connectivity index (χ1n) is 6.00. The smallest absolute Gasteiger partial charge is 0.0388 e. The lowest BCUT2D eigenvalue weighted by Crippen LogP contribution is -2.23. The van der Waals surface area contributed by atoms with E-state index in [2.05, 4.69) is 69.3 Å². The number of benzene rings is 1. The van der Waals surface area contributed by atoms with Crippen molar-refractivity contribution in [1.82, 2.24) is 4.90 Å². The Morgan fingerprint density at radius 1 is 1.12 bits per heavy atom. The van der Waals surface area contributed by atoms with Gasteiger partial charge in [-0.3, -0.25) is 0 Å². The normalized spacial score (nSPS) is 13.2. The second kappa shape index (κ2) is 5.90. The first-order chi connectivity index (χ1) is 7.50. The number of nitrogens with zero attached hydrogens (tertiary/aromatic N) is 1. The van der Waals surface area contributed by atoms with Gasteiger partial charge in [-0.1, -0.05) is 32.0 Å². The topological polar surface area (TPSA) is 15.3 Å². The molecule has 2 heteroatoms. The van der Waals surface area contributed by atoms with Crippen LogP contribution in [0.5, 0.6) is 0 Å². The van der Waals surface area contributed by atoms with Crippen LogP contribution in [0.2, 0.25) is 0 Å². The van der Waals surface area contributed by atoms with Crippen LogP contribution in [0.4, 0.5) is 5.69 Å². The van der Waals surface area contributed by atoms with Crippen LogP contribution in [-0.2, 0) is 6.54 Å². The third-order valence-electron chi connectivity index (χ3n) is 2.89. The van der Waals surface area contributed by atoms with E-state index in [-0.39, 0.29) is 0 Å². The lowest BCUT2D eigenvalue weighted by atomic mass is 10.0. The van der Waals surface area contributed by atoms with Crippen molar-refractivity contribution in [2.75, 3.05) is 19.4 Å². The SMILES string of the molecule is CC(C)C(C)Nc1ccccc1CN(C)C. The lowest BCUT2D eigenvalue weighted by molar-refractivity contribution is 0.402. The summed E-state index contributed by atoms with van der Waals surface area (Å²) in [5.41, 5.74) is 2.62. The quantitative estimate of drug-likeness (QED) is 0.819. The van der Waals surface area contributed by atoms with E-state index in [4.69, 9.17) is 0 Å². The molecule has 0 heterocycles. The number of hydrogen-bond acceptors (Lipinski definition) is 2. The number of para-hydroxylation sites is 1. The summed E-state index contributed by atoms with van der Waals surface area (Å²) in [6, 6.07) is 9.05. The predicted octanol–water partition coefficient (Wildman–Crippen LogP) is 3.20. The van der Waals surface area contributed by atoms with Crippen molar-refractivity contribution >= 4 is 5.69 Å². The molecule has 0 aromatic heterocycles. The van der Waals surface area contributed by atoms with Gasteiger partial charge in [0.25, 0.3) is 0 Å².